The van der Waals surface area contributed by atoms with Crippen LogP contribution in [-0.4, -0.2) is 30.4 Å². The van der Waals surface area contributed by atoms with Crippen molar-refractivity contribution >= 4 is 11.7 Å². The molecule has 142 valence electrons. The van der Waals surface area contributed by atoms with Crippen LogP contribution >= 0.6 is 0 Å². The minimum atomic E-state index is -5.00. The van der Waals surface area contributed by atoms with Crippen molar-refractivity contribution in [3.05, 3.63) is 29.4 Å². The number of ether oxygens (including phenoxy) is 3. The minimum Gasteiger partial charge on any atom is -0.510 e. The lowest BCUT2D eigenvalue weighted by Gasteiger charge is -2.31. The number of aliphatic hydroxyl groups excluding tert-OH is 1. The van der Waals surface area contributed by atoms with Crippen molar-refractivity contribution in [3.8, 4) is 11.5 Å². The predicted octanol–water partition coefficient (Wildman–Crippen LogP) is 4.22. The number of rotatable bonds is 4. The number of allylic oxidation sites excluding steroid dienone is 1. The van der Waals surface area contributed by atoms with Crippen LogP contribution in [-0.2, 0) is 9.53 Å². The van der Waals surface area contributed by atoms with Crippen LogP contribution in [0.2, 0.25) is 0 Å². The fourth-order valence-electron chi connectivity index (χ4n) is 1.74. The largest absolute Gasteiger partial charge is 0.510 e. The van der Waals surface area contributed by atoms with Crippen molar-refractivity contribution in [1.82, 2.24) is 0 Å². The highest BCUT2D eigenvalue weighted by atomic mass is 19.3. The Morgan fingerprint density at radius 3 is 2.23 bits per heavy atom. The molecular formula is C14H11F5N2O5. The third kappa shape index (κ3) is 3.53. The van der Waals surface area contributed by atoms with E-state index >= 15 is 0 Å². The smallest absolute Gasteiger partial charge is 0.507 e. The van der Waals surface area contributed by atoms with Crippen LogP contribution in [0, 0.1) is 5.82 Å². The molecule has 1 aliphatic rings. The van der Waals surface area contributed by atoms with Gasteiger partial charge >= 0.3 is 18.2 Å². The Hall–Kier alpha value is -2.92. The number of esters is 1. The fraction of sp³-hybridized carbons (Fsp3) is 0.357. The number of hydrogen-bond donors (Lipinski definition) is 1. The molecule has 26 heavy (non-hydrogen) atoms. The Bertz CT molecular complexity index is 794. The number of carbonyl (C=O) groups excluding carboxylic acids is 1. The molecular weight excluding hydrogens is 371 g/mol. The number of hydrogen-bond acceptors (Lipinski definition) is 7. The number of alkyl halides is 4. The average Bonchev–Trinajstić information content (AvgIpc) is 2.56. The SMILES string of the molecule is CC/C(O)=C(\N=Nc1cc2c(cc1F)OC(F)(F)C(F)(F)O2)C(=O)OC. The second-order valence-electron chi connectivity index (χ2n) is 4.83. The van der Waals surface area contributed by atoms with Crippen LogP contribution in [0.1, 0.15) is 13.3 Å². The van der Waals surface area contributed by atoms with Gasteiger partial charge in [0.15, 0.2) is 17.3 Å². The third-order valence-corrected chi connectivity index (χ3v) is 3.07. The van der Waals surface area contributed by atoms with E-state index in [1.165, 1.54) is 6.92 Å². The molecule has 1 aromatic rings. The molecule has 0 spiro atoms. The highest BCUT2D eigenvalue weighted by molar-refractivity contribution is 5.88. The van der Waals surface area contributed by atoms with Crippen molar-refractivity contribution in [2.45, 2.75) is 25.6 Å². The Morgan fingerprint density at radius 1 is 1.19 bits per heavy atom. The van der Waals surface area contributed by atoms with E-state index in [1.54, 1.807) is 0 Å². The minimum absolute atomic E-state index is 0.0334. The summed E-state index contributed by atoms with van der Waals surface area (Å²) in [7, 11) is 0.994. The number of benzene rings is 1. The van der Waals surface area contributed by atoms with Gasteiger partial charge in [-0.3, -0.25) is 0 Å². The molecule has 0 saturated carbocycles. The quantitative estimate of drug-likeness (QED) is 0.277. The Morgan fingerprint density at radius 2 is 1.73 bits per heavy atom. The summed E-state index contributed by atoms with van der Waals surface area (Å²) < 4.78 is 78.3. The zero-order valence-corrected chi connectivity index (χ0v) is 13.2. The lowest BCUT2D eigenvalue weighted by Crippen LogP contribution is -2.52. The fourth-order valence-corrected chi connectivity index (χ4v) is 1.74. The molecule has 0 amide bonds. The average molecular weight is 382 g/mol. The van der Waals surface area contributed by atoms with E-state index in [1.807, 2.05) is 0 Å². The van der Waals surface area contributed by atoms with Crippen molar-refractivity contribution in [3.63, 3.8) is 0 Å². The molecule has 0 atom stereocenters. The molecule has 0 fully saturated rings. The van der Waals surface area contributed by atoms with E-state index in [9.17, 15) is 31.9 Å². The van der Waals surface area contributed by atoms with Gasteiger partial charge in [0, 0.05) is 18.6 Å². The summed E-state index contributed by atoms with van der Waals surface area (Å²) in [5, 5.41) is 16.2. The van der Waals surface area contributed by atoms with Gasteiger partial charge in [0.25, 0.3) is 0 Å². The zero-order chi connectivity index (χ0) is 19.7. The third-order valence-electron chi connectivity index (χ3n) is 3.07. The van der Waals surface area contributed by atoms with Crippen LogP contribution < -0.4 is 9.47 Å². The first-order chi connectivity index (χ1) is 12.0. The van der Waals surface area contributed by atoms with Gasteiger partial charge in [-0.05, 0) is 0 Å². The maximum atomic E-state index is 13.9. The first-order valence-corrected chi connectivity index (χ1v) is 6.91. The highest BCUT2D eigenvalue weighted by Gasteiger charge is 2.66. The molecule has 1 aromatic carbocycles. The van der Waals surface area contributed by atoms with Crippen LogP contribution in [0.25, 0.3) is 0 Å². The van der Waals surface area contributed by atoms with Crippen LogP contribution in [0.4, 0.5) is 27.6 Å². The molecule has 0 aromatic heterocycles. The second kappa shape index (κ2) is 6.77. The van der Waals surface area contributed by atoms with Crippen LogP contribution in [0.3, 0.4) is 0 Å². The van der Waals surface area contributed by atoms with Gasteiger partial charge < -0.3 is 19.3 Å². The van der Waals surface area contributed by atoms with Crippen molar-refractivity contribution in [1.29, 1.82) is 0 Å². The number of aliphatic hydroxyl groups is 1. The predicted molar refractivity (Wildman–Crippen MR) is 74.0 cm³/mol. The number of halogens is 5. The lowest BCUT2D eigenvalue weighted by atomic mass is 10.2. The molecule has 0 radical (unpaired) electrons. The summed E-state index contributed by atoms with van der Waals surface area (Å²) in [6.45, 7) is 1.47. The molecule has 1 heterocycles. The maximum Gasteiger partial charge on any atom is 0.507 e. The molecule has 12 heteroatoms. The van der Waals surface area contributed by atoms with E-state index in [-0.39, 0.29) is 6.42 Å². The van der Waals surface area contributed by atoms with E-state index in [0.717, 1.165) is 7.11 Å². The molecule has 0 saturated heterocycles. The number of carbonyl (C=O) groups is 1. The molecule has 0 bridgehead atoms. The zero-order valence-electron chi connectivity index (χ0n) is 13.2. The Labute approximate surface area is 142 Å². The standard InChI is InChI=1S/C14H11F5N2O5/c1-3-8(22)11(12(23)24-2)21-20-7-5-10-9(4-6(7)15)25-13(16,17)14(18,19)26-10/h4-5,22H,3H2,1-2H3/b11-8+,21-20?. The Balaban J connectivity index is 2.43. The lowest BCUT2D eigenvalue weighted by molar-refractivity contribution is -0.391. The topological polar surface area (TPSA) is 89.7 Å². The summed E-state index contributed by atoms with van der Waals surface area (Å²) in [6.07, 6.45) is -10.0. The molecule has 7 nitrogen and oxygen atoms in total. The molecule has 0 unspecified atom stereocenters. The number of nitrogens with zero attached hydrogens (tertiary/aromatic N) is 2. The second-order valence-corrected chi connectivity index (χ2v) is 4.83. The van der Waals surface area contributed by atoms with Gasteiger partial charge in [-0.2, -0.15) is 17.6 Å². The van der Waals surface area contributed by atoms with E-state index in [2.05, 4.69) is 24.4 Å². The number of azo groups is 1. The molecule has 0 aliphatic carbocycles. The van der Waals surface area contributed by atoms with Crippen LogP contribution in [0.15, 0.2) is 33.8 Å². The summed E-state index contributed by atoms with van der Waals surface area (Å²) in [5.74, 6) is -4.78. The summed E-state index contributed by atoms with van der Waals surface area (Å²) in [5.41, 5.74) is -1.39. The van der Waals surface area contributed by atoms with E-state index in [4.69, 9.17) is 0 Å². The van der Waals surface area contributed by atoms with Crippen molar-refractivity contribution in [2.24, 2.45) is 10.2 Å². The van der Waals surface area contributed by atoms with Gasteiger partial charge in [0.05, 0.1) is 7.11 Å². The normalized spacial score (nSPS) is 18.4. The van der Waals surface area contributed by atoms with Crippen LogP contribution in [0.5, 0.6) is 11.5 Å². The van der Waals surface area contributed by atoms with E-state index < -0.39 is 52.6 Å². The number of methoxy groups -OCH3 is 1. The summed E-state index contributed by atoms with van der Waals surface area (Å²) in [6, 6.07) is 0.864. The van der Waals surface area contributed by atoms with Gasteiger partial charge in [-0.1, -0.05) is 6.92 Å². The molecule has 1 aliphatic heterocycles. The molecule has 1 N–H and O–H groups in total. The first kappa shape index (κ1) is 19.4. The Kier molecular flexibility index (Phi) is 5.05. The van der Waals surface area contributed by atoms with Crippen molar-refractivity contribution in [2.75, 3.05) is 7.11 Å². The van der Waals surface area contributed by atoms with E-state index in [0.29, 0.717) is 12.1 Å². The summed E-state index contributed by atoms with van der Waals surface area (Å²) >= 11 is 0. The van der Waals surface area contributed by atoms with Gasteiger partial charge in [0.1, 0.15) is 11.4 Å². The maximum absolute atomic E-state index is 13.9. The number of fused-ring (bicyclic) bond motifs is 1. The molecule has 2 rings (SSSR count). The van der Waals surface area contributed by atoms with Crippen molar-refractivity contribution < 1.29 is 46.1 Å². The van der Waals surface area contributed by atoms with Gasteiger partial charge in [-0.15, -0.1) is 10.2 Å². The highest BCUT2D eigenvalue weighted by Crippen LogP contribution is 2.48. The van der Waals surface area contributed by atoms with Gasteiger partial charge in [0.2, 0.25) is 5.70 Å². The monoisotopic (exact) mass is 382 g/mol. The first-order valence-electron chi connectivity index (χ1n) is 6.91. The van der Waals surface area contributed by atoms with Gasteiger partial charge in [-0.25, -0.2) is 9.18 Å². The summed E-state index contributed by atoms with van der Waals surface area (Å²) in [4.78, 5) is 11.5.